The normalized spacial score (nSPS) is 17.4. The highest BCUT2D eigenvalue weighted by atomic mass is 35.5. The van der Waals surface area contributed by atoms with E-state index < -0.39 is 22.0 Å². The molecule has 0 bridgehead atoms. The highest BCUT2D eigenvalue weighted by Crippen LogP contribution is 2.27. The van der Waals surface area contributed by atoms with E-state index in [9.17, 15) is 18.0 Å². The molecule has 0 saturated carbocycles. The molecular weight excluding hydrogens is 508 g/mol. The van der Waals surface area contributed by atoms with Crippen LogP contribution in [0.15, 0.2) is 29.4 Å². The first-order valence-electron chi connectivity index (χ1n) is 11.9. The van der Waals surface area contributed by atoms with Gasteiger partial charge in [0.25, 0.3) is 15.9 Å². The minimum Gasteiger partial charge on any atom is -0.450 e. The van der Waals surface area contributed by atoms with E-state index in [1.807, 2.05) is 25.1 Å². The summed E-state index contributed by atoms with van der Waals surface area (Å²) < 4.78 is 34.9. The number of ether oxygens (including phenoxy) is 1. The van der Waals surface area contributed by atoms with Crippen LogP contribution in [0.4, 0.5) is 10.5 Å². The summed E-state index contributed by atoms with van der Waals surface area (Å²) in [7, 11) is -2.40. The largest absolute Gasteiger partial charge is 0.450 e. The molecule has 3 heterocycles. The molecule has 0 unspecified atom stereocenters. The topological polar surface area (TPSA) is 108 Å². The van der Waals surface area contributed by atoms with Crippen molar-refractivity contribution in [2.24, 2.45) is 7.05 Å². The summed E-state index contributed by atoms with van der Waals surface area (Å²) in [5.41, 5.74) is 2.08. The van der Waals surface area contributed by atoms with Crippen molar-refractivity contribution >= 4 is 39.3 Å². The molecule has 1 aromatic carbocycles. The minimum absolute atomic E-state index is 0.0372. The number of piperazine rings is 2. The van der Waals surface area contributed by atoms with Gasteiger partial charge in [-0.2, -0.15) is 9.40 Å². The van der Waals surface area contributed by atoms with Crippen LogP contribution in [0.2, 0.25) is 5.02 Å². The summed E-state index contributed by atoms with van der Waals surface area (Å²) in [6.07, 6.45) is 1.03. The van der Waals surface area contributed by atoms with Gasteiger partial charge >= 0.3 is 6.09 Å². The van der Waals surface area contributed by atoms with E-state index >= 15 is 0 Å². The predicted octanol–water partition coefficient (Wildman–Crippen LogP) is 1.81. The number of carbonyl (C=O) groups excluding carboxylic acids is 2. The SMILES string of the molecule is CCOC(=O)N1CCN(C(=O)c2cn(C)nc2S(=O)(=O)N2CCN(c3cc(Cl)ccc3C)CC2)CC1. The summed E-state index contributed by atoms with van der Waals surface area (Å²) in [5.74, 6) is -0.418. The van der Waals surface area contributed by atoms with E-state index in [0.29, 0.717) is 31.2 Å². The van der Waals surface area contributed by atoms with Crippen molar-refractivity contribution in [2.75, 3.05) is 63.9 Å². The Morgan fingerprint density at radius 2 is 1.67 bits per heavy atom. The number of hydrogen-bond donors (Lipinski definition) is 0. The van der Waals surface area contributed by atoms with Gasteiger partial charge < -0.3 is 19.4 Å². The summed E-state index contributed by atoms with van der Waals surface area (Å²) in [4.78, 5) is 30.5. The van der Waals surface area contributed by atoms with Crippen LogP contribution < -0.4 is 4.90 Å². The molecule has 2 aromatic rings. The van der Waals surface area contributed by atoms with Crippen LogP contribution in [-0.4, -0.2) is 103 Å². The number of amides is 2. The van der Waals surface area contributed by atoms with Crippen LogP contribution in [0, 0.1) is 6.92 Å². The third kappa shape index (κ3) is 5.30. The molecule has 0 N–H and O–H groups in total. The molecule has 2 amide bonds. The maximum Gasteiger partial charge on any atom is 0.409 e. The van der Waals surface area contributed by atoms with Gasteiger partial charge in [-0.15, -0.1) is 0 Å². The Labute approximate surface area is 216 Å². The van der Waals surface area contributed by atoms with Crippen molar-refractivity contribution in [3.05, 3.63) is 40.5 Å². The average Bonchev–Trinajstić information content (AvgIpc) is 3.28. The van der Waals surface area contributed by atoms with Gasteiger partial charge in [0.1, 0.15) is 0 Å². The van der Waals surface area contributed by atoms with Crippen molar-refractivity contribution in [1.82, 2.24) is 23.9 Å². The zero-order valence-electron chi connectivity index (χ0n) is 20.7. The molecule has 36 heavy (non-hydrogen) atoms. The number of aromatic nitrogens is 2. The van der Waals surface area contributed by atoms with Crippen LogP contribution in [0.5, 0.6) is 0 Å². The summed E-state index contributed by atoms with van der Waals surface area (Å²) >= 11 is 6.16. The Morgan fingerprint density at radius 3 is 2.31 bits per heavy atom. The first-order chi connectivity index (χ1) is 17.1. The second-order valence-corrected chi connectivity index (χ2v) is 11.1. The lowest BCUT2D eigenvalue weighted by atomic mass is 10.1. The van der Waals surface area contributed by atoms with Crippen molar-refractivity contribution in [3.63, 3.8) is 0 Å². The van der Waals surface area contributed by atoms with Gasteiger partial charge in [0.05, 0.1) is 12.2 Å². The maximum absolute atomic E-state index is 13.6. The number of hydrogen-bond acceptors (Lipinski definition) is 7. The van der Waals surface area contributed by atoms with Crippen LogP contribution in [0.1, 0.15) is 22.8 Å². The third-order valence-corrected chi connectivity index (χ3v) is 8.52. The number of benzene rings is 1. The number of aryl methyl sites for hydroxylation is 2. The van der Waals surface area contributed by atoms with Gasteiger partial charge in [0.2, 0.25) is 5.03 Å². The smallest absolute Gasteiger partial charge is 0.409 e. The van der Waals surface area contributed by atoms with Crippen LogP contribution in [-0.2, 0) is 21.8 Å². The molecule has 11 nitrogen and oxygen atoms in total. The Balaban J connectivity index is 1.46. The summed E-state index contributed by atoms with van der Waals surface area (Å²) in [6.45, 7) is 6.71. The molecule has 2 saturated heterocycles. The molecule has 196 valence electrons. The molecule has 0 atom stereocenters. The number of anilines is 1. The summed E-state index contributed by atoms with van der Waals surface area (Å²) in [6, 6.07) is 5.66. The van der Waals surface area contributed by atoms with Gasteiger partial charge in [-0.05, 0) is 31.5 Å². The van der Waals surface area contributed by atoms with Gasteiger partial charge in [0, 0.05) is 76.3 Å². The van der Waals surface area contributed by atoms with Crippen LogP contribution in [0.3, 0.4) is 0 Å². The highest BCUT2D eigenvalue weighted by Gasteiger charge is 2.36. The molecule has 2 fully saturated rings. The Bertz CT molecular complexity index is 1230. The number of rotatable bonds is 5. The fourth-order valence-electron chi connectivity index (χ4n) is 4.50. The molecule has 0 aliphatic carbocycles. The molecule has 2 aliphatic rings. The predicted molar refractivity (Wildman–Crippen MR) is 135 cm³/mol. The van der Waals surface area contributed by atoms with Crippen molar-refractivity contribution < 1.29 is 22.7 Å². The number of nitrogens with zero attached hydrogens (tertiary/aromatic N) is 6. The second kappa shape index (κ2) is 10.7. The van der Waals surface area contributed by atoms with E-state index in [4.69, 9.17) is 16.3 Å². The lowest BCUT2D eigenvalue weighted by molar-refractivity contribution is 0.0567. The van der Waals surface area contributed by atoms with Gasteiger partial charge in [-0.3, -0.25) is 9.48 Å². The summed E-state index contributed by atoms with van der Waals surface area (Å²) in [5, 5.41) is 4.56. The molecular formula is C23H31ClN6O5S. The van der Waals surface area contributed by atoms with Crippen molar-refractivity contribution in [2.45, 2.75) is 18.9 Å². The fourth-order valence-corrected chi connectivity index (χ4v) is 6.20. The van der Waals surface area contributed by atoms with Gasteiger partial charge in [0.15, 0.2) is 0 Å². The molecule has 13 heteroatoms. The lowest BCUT2D eigenvalue weighted by Gasteiger charge is -2.36. The minimum atomic E-state index is -3.99. The zero-order chi connectivity index (χ0) is 26.0. The van der Waals surface area contributed by atoms with Crippen molar-refractivity contribution in [3.8, 4) is 0 Å². The molecule has 0 spiro atoms. The van der Waals surface area contributed by atoms with Crippen LogP contribution in [0.25, 0.3) is 0 Å². The number of carbonyl (C=O) groups is 2. The Morgan fingerprint density at radius 1 is 1.03 bits per heavy atom. The van der Waals surface area contributed by atoms with Gasteiger partial charge in [-0.25, -0.2) is 13.2 Å². The van der Waals surface area contributed by atoms with E-state index in [1.54, 1.807) is 18.9 Å². The molecule has 0 radical (unpaired) electrons. The number of sulfonamides is 1. The molecule has 2 aliphatic heterocycles. The quantitative estimate of drug-likeness (QED) is 0.571. The average molecular weight is 539 g/mol. The Hall–Kier alpha value is -2.83. The van der Waals surface area contributed by atoms with Gasteiger partial charge in [-0.1, -0.05) is 17.7 Å². The first kappa shape index (κ1) is 26.2. The van der Waals surface area contributed by atoms with E-state index in [-0.39, 0.29) is 43.4 Å². The highest BCUT2D eigenvalue weighted by molar-refractivity contribution is 7.89. The zero-order valence-corrected chi connectivity index (χ0v) is 22.3. The third-order valence-electron chi connectivity index (χ3n) is 6.45. The van der Waals surface area contributed by atoms with Crippen LogP contribution >= 0.6 is 11.6 Å². The second-order valence-electron chi connectivity index (χ2n) is 8.82. The van der Waals surface area contributed by atoms with Crippen molar-refractivity contribution in [1.29, 1.82) is 0 Å². The number of halogens is 1. The standard InChI is InChI=1S/C23H31ClN6O5S/c1-4-35-23(32)29-9-7-28(8-10-29)22(31)19-16-26(3)25-21(19)36(33,34)30-13-11-27(12-14-30)20-15-18(24)6-5-17(20)2/h5-6,15-16H,4,7-14H2,1-3H3. The Kier molecular flexibility index (Phi) is 7.76. The first-order valence-corrected chi connectivity index (χ1v) is 13.7. The van der Waals surface area contributed by atoms with E-state index in [1.165, 1.54) is 20.1 Å². The molecule has 1 aromatic heterocycles. The van der Waals surface area contributed by atoms with E-state index in [2.05, 4.69) is 10.00 Å². The fraction of sp³-hybridized carbons (Fsp3) is 0.522. The lowest BCUT2D eigenvalue weighted by Crippen LogP contribution is -2.51. The molecule has 4 rings (SSSR count). The maximum atomic E-state index is 13.6. The van der Waals surface area contributed by atoms with E-state index in [0.717, 1.165) is 11.3 Å². The monoisotopic (exact) mass is 538 g/mol.